The molecule has 2 saturated heterocycles. The Bertz CT molecular complexity index is 1780. The first kappa shape index (κ1) is 32.6. The maximum Gasteiger partial charge on any atom is 0.253 e. The van der Waals surface area contributed by atoms with E-state index in [0.29, 0.717) is 48.0 Å². The van der Waals surface area contributed by atoms with E-state index in [1.54, 1.807) is 41.2 Å². The van der Waals surface area contributed by atoms with E-state index in [4.69, 9.17) is 14.2 Å². The molecule has 0 saturated carbocycles. The van der Waals surface area contributed by atoms with Crippen molar-refractivity contribution in [2.24, 2.45) is 11.8 Å². The standard InChI is InChI=1S/C39H41N3O7/c1-4-38-21-9-23-40(27-15-19-30(20-16-27)48-5-2)35(44)32(38)33-36(45)42(31(25-43)26-11-7-6-8-12-26)34-37(46)41(24-10-22-39(33,34)49-38)28-13-17-29(47-3)18-14-28/h6-22,31-34,43H,4-5,23-25H2,1-3H3/t31-,32-,33+,34?,38+,39+/m1/s1. The average molecular weight is 664 g/mol. The first-order valence-electron chi connectivity index (χ1n) is 16.9. The van der Waals surface area contributed by atoms with Crippen LogP contribution in [0.25, 0.3) is 0 Å². The molecule has 49 heavy (non-hydrogen) atoms. The number of methoxy groups -OCH3 is 1. The first-order chi connectivity index (χ1) is 23.8. The van der Waals surface area contributed by atoms with Crippen LogP contribution in [0.4, 0.5) is 11.4 Å². The topological polar surface area (TPSA) is 109 Å². The third kappa shape index (κ3) is 5.12. The molecule has 10 nitrogen and oxygen atoms in total. The van der Waals surface area contributed by atoms with Crippen LogP contribution in [0.1, 0.15) is 31.9 Å². The van der Waals surface area contributed by atoms with E-state index in [1.165, 1.54) is 4.90 Å². The van der Waals surface area contributed by atoms with Gasteiger partial charge in [0.15, 0.2) is 0 Å². The van der Waals surface area contributed by atoms with Crippen molar-refractivity contribution < 1.29 is 33.7 Å². The Morgan fingerprint density at radius 2 is 1.41 bits per heavy atom. The SMILES string of the molecule is CCOc1ccc(N2CC=C[C@]3(CC)O[C@]45C=CCN(c6ccc(OC)cc6)C(=O)C4N([C@H](CO)c4ccccc4)C(=O)[C@@H]5[C@@H]3C2=O)cc1. The van der Waals surface area contributed by atoms with Crippen molar-refractivity contribution in [3.05, 3.63) is 109 Å². The second-order valence-corrected chi connectivity index (χ2v) is 12.8. The van der Waals surface area contributed by atoms with E-state index in [1.807, 2.05) is 92.7 Å². The smallest absolute Gasteiger partial charge is 0.253 e. The fraction of sp³-hybridized carbons (Fsp3) is 0.359. The number of aliphatic hydroxyl groups excluding tert-OH is 1. The number of benzene rings is 3. The van der Waals surface area contributed by atoms with Crippen LogP contribution in [0.3, 0.4) is 0 Å². The van der Waals surface area contributed by atoms with E-state index in [9.17, 15) is 9.90 Å². The summed E-state index contributed by atoms with van der Waals surface area (Å²) >= 11 is 0. The Balaban J connectivity index is 1.37. The molecule has 254 valence electrons. The van der Waals surface area contributed by atoms with Crippen molar-refractivity contribution in [2.45, 2.75) is 43.6 Å². The zero-order valence-electron chi connectivity index (χ0n) is 27.9. The molecule has 4 aliphatic heterocycles. The summed E-state index contributed by atoms with van der Waals surface area (Å²) < 4.78 is 18.1. The van der Waals surface area contributed by atoms with Crippen molar-refractivity contribution in [1.82, 2.24) is 4.90 Å². The van der Waals surface area contributed by atoms with E-state index in [2.05, 4.69) is 0 Å². The van der Waals surface area contributed by atoms with Gasteiger partial charge in [0.2, 0.25) is 11.8 Å². The lowest BCUT2D eigenvalue weighted by Crippen LogP contribution is -2.57. The molecule has 3 aromatic rings. The number of amides is 3. The van der Waals surface area contributed by atoms with Crippen molar-refractivity contribution in [3.63, 3.8) is 0 Å². The van der Waals surface area contributed by atoms with Gasteiger partial charge in [0.1, 0.15) is 23.1 Å². The Labute approximate surface area is 286 Å². The van der Waals surface area contributed by atoms with Crippen LogP contribution >= 0.6 is 0 Å². The Kier molecular flexibility index (Phi) is 8.54. The maximum atomic E-state index is 15.1. The summed E-state index contributed by atoms with van der Waals surface area (Å²) in [5.74, 6) is -1.66. The van der Waals surface area contributed by atoms with Crippen LogP contribution < -0.4 is 19.3 Å². The van der Waals surface area contributed by atoms with Crippen LogP contribution in [0, 0.1) is 11.8 Å². The molecule has 4 heterocycles. The van der Waals surface area contributed by atoms with Gasteiger partial charge in [-0.05, 0) is 67.4 Å². The number of aliphatic hydroxyl groups is 1. The van der Waals surface area contributed by atoms with E-state index in [0.717, 1.165) is 0 Å². The second kappa shape index (κ2) is 12.8. The minimum atomic E-state index is -1.49. The molecule has 2 fully saturated rings. The first-order valence-corrected chi connectivity index (χ1v) is 16.9. The number of hydrogen-bond acceptors (Lipinski definition) is 7. The lowest BCUT2D eigenvalue weighted by molar-refractivity contribution is -0.149. The normalized spacial score (nSPS) is 28.1. The van der Waals surface area contributed by atoms with Crippen LogP contribution in [-0.2, 0) is 19.1 Å². The number of hydrogen-bond donors (Lipinski definition) is 1. The fourth-order valence-corrected chi connectivity index (χ4v) is 8.18. The van der Waals surface area contributed by atoms with Gasteiger partial charge in [-0.1, -0.05) is 61.6 Å². The third-order valence-electron chi connectivity index (χ3n) is 10.4. The highest BCUT2D eigenvalue weighted by atomic mass is 16.5. The number of ether oxygens (including phenoxy) is 3. The number of fused-ring (bicyclic) bond motifs is 2. The highest BCUT2D eigenvalue weighted by molar-refractivity contribution is 6.07. The van der Waals surface area contributed by atoms with E-state index < -0.39 is 47.6 Å². The number of carbonyl (C=O) groups is 3. The minimum Gasteiger partial charge on any atom is -0.497 e. The summed E-state index contributed by atoms with van der Waals surface area (Å²) in [7, 11) is 1.58. The molecule has 1 N–H and O–H groups in total. The molecule has 1 unspecified atom stereocenters. The molecular weight excluding hydrogens is 622 g/mol. The zero-order chi connectivity index (χ0) is 34.3. The van der Waals surface area contributed by atoms with Crippen molar-refractivity contribution in [3.8, 4) is 11.5 Å². The number of carbonyl (C=O) groups excluding carboxylic acids is 3. The molecule has 0 bridgehead atoms. The molecule has 6 atom stereocenters. The Morgan fingerprint density at radius 1 is 0.796 bits per heavy atom. The molecular formula is C39H41N3O7. The minimum absolute atomic E-state index is 0.225. The lowest BCUT2D eigenvalue weighted by atomic mass is 9.73. The Morgan fingerprint density at radius 3 is 2.00 bits per heavy atom. The number of anilines is 2. The number of rotatable bonds is 9. The van der Waals surface area contributed by atoms with Gasteiger partial charge in [-0.3, -0.25) is 14.4 Å². The molecule has 0 aliphatic carbocycles. The van der Waals surface area contributed by atoms with Crippen molar-refractivity contribution >= 4 is 29.1 Å². The second-order valence-electron chi connectivity index (χ2n) is 12.8. The van der Waals surface area contributed by atoms with Crippen LogP contribution in [0.5, 0.6) is 11.5 Å². The predicted octanol–water partition coefficient (Wildman–Crippen LogP) is 4.69. The molecule has 0 aromatic heterocycles. The largest absolute Gasteiger partial charge is 0.497 e. The molecule has 10 heteroatoms. The van der Waals surface area contributed by atoms with Gasteiger partial charge in [0.05, 0.1) is 43.8 Å². The summed E-state index contributed by atoms with van der Waals surface area (Å²) in [4.78, 5) is 49.9. The molecule has 3 aromatic carbocycles. The van der Waals surface area contributed by atoms with Gasteiger partial charge in [-0.15, -0.1) is 0 Å². The van der Waals surface area contributed by atoms with Crippen molar-refractivity contribution in [2.75, 3.05) is 43.2 Å². The van der Waals surface area contributed by atoms with E-state index in [-0.39, 0.29) is 18.4 Å². The van der Waals surface area contributed by atoms with Crippen LogP contribution in [-0.4, -0.2) is 78.4 Å². The zero-order valence-corrected chi connectivity index (χ0v) is 27.9. The molecule has 3 amide bonds. The summed E-state index contributed by atoms with van der Waals surface area (Å²) in [6.45, 7) is 4.46. The quantitative estimate of drug-likeness (QED) is 0.331. The van der Waals surface area contributed by atoms with Crippen LogP contribution in [0.15, 0.2) is 103 Å². The average Bonchev–Trinajstić information content (AvgIpc) is 3.42. The molecule has 1 spiro atoms. The molecule has 4 aliphatic rings. The van der Waals surface area contributed by atoms with Gasteiger partial charge in [-0.25, -0.2) is 0 Å². The highest BCUT2D eigenvalue weighted by Gasteiger charge is 2.76. The molecule has 7 rings (SSSR count). The summed E-state index contributed by atoms with van der Waals surface area (Å²) in [6, 6.07) is 21.7. The van der Waals surface area contributed by atoms with Gasteiger partial charge in [-0.2, -0.15) is 0 Å². The maximum absolute atomic E-state index is 15.1. The van der Waals surface area contributed by atoms with Gasteiger partial charge in [0.25, 0.3) is 5.91 Å². The van der Waals surface area contributed by atoms with E-state index >= 15 is 9.59 Å². The monoisotopic (exact) mass is 663 g/mol. The van der Waals surface area contributed by atoms with Crippen LogP contribution in [0.2, 0.25) is 0 Å². The summed E-state index contributed by atoms with van der Waals surface area (Å²) in [5.41, 5.74) is -0.669. The highest BCUT2D eigenvalue weighted by Crippen LogP contribution is 2.60. The molecule has 0 radical (unpaired) electrons. The van der Waals surface area contributed by atoms with Gasteiger partial charge < -0.3 is 34.0 Å². The Hall–Kier alpha value is -4.93. The van der Waals surface area contributed by atoms with Crippen molar-refractivity contribution in [1.29, 1.82) is 0 Å². The number of nitrogens with zero attached hydrogens (tertiary/aromatic N) is 3. The predicted molar refractivity (Wildman–Crippen MR) is 184 cm³/mol. The summed E-state index contributed by atoms with van der Waals surface area (Å²) in [5, 5.41) is 10.9. The fourth-order valence-electron chi connectivity index (χ4n) is 8.18. The summed E-state index contributed by atoms with van der Waals surface area (Å²) in [6.07, 6.45) is 7.92. The third-order valence-corrected chi connectivity index (χ3v) is 10.4. The van der Waals surface area contributed by atoms with Gasteiger partial charge >= 0.3 is 0 Å². The number of likely N-dealkylation sites (tertiary alicyclic amines) is 1. The lowest BCUT2D eigenvalue weighted by Gasteiger charge is -2.41. The van der Waals surface area contributed by atoms with Gasteiger partial charge in [0, 0.05) is 24.5 Å².